The van der Waals surface area contributed by atoms with Crippen molar-refractivity contribution in [1.29, 1.82) is 0 Å². The van der Waals surface area contributed by atoms with Crippen molar-refractivity contribution in [3.63, 3.8) is 0 Å². The SMILES string of the molecule is COC(=O)/C=C/C(=O)NNC(=O)CCc1ccc(N2CCN(CC3CC3)CC2)cc1C(=O)N[C@H](C)c1ccc(OC)c(OC)c1. The fourth-order valence-corrected chi connectivity index (χ4v) is 5.22. The van der Waals surface area contributed by atoms with Crippen LogP contribution in [-0.2, 0) is 25.5 Å². The molecule has 12 nitrogen and oxygen atoms in total. The number of rotatable bonds is 13. The van der Waals surface area contributed by atoms with Crippen LogP contribution in [-0.4, -0.2) is 82.6 Å². The predicted octanol–water partition coefficient (Wildman–Crippen LogP) is 2.54. The molecule has 1 atom stereocenters. The van der Waals surface area contributed by atoms with Gasteiger partial charge in [0.2, 0.25) is 5.91 Å². The third-order valence-corrected chi connectivity index (χ3v) is 8.06. The maximum Gasteiger partial charge on any atom is 0.330 e. The van der Waals surface area contributed by atoms with Gasteiger partial charge < -0.3 is 24.4 Å². The zero-order valence-electron chi connectivity index (χ0n) is 26.4. The first-order valence-corrected chi connectivity index (χ1v) is 15.2. The van der Waals surface area contributed by atoms with Gasteiger partial charge >= 0.3 is 5.97 Å². The van der Waals surface area contributed by atoms with Crippen LogP contribution in [0.3, 0.4) is 0 Å². The second-order valence-electron chi connectivity index (χ2n) is 11.3. The number of nitrogens with one attached hydrogen (secondary N) is 3. The second kappa shape index (κ2) is 15.9. The molecule has 0 radical (unpaired) electrons. The van der Waals surface area contributed by atoms with E-state index in [1.165, 1.54) is 26.5 Å². The van der Waals surface area contributed by atoms with Gasteiger partial charge in [-0.25, -0.2) is 4.79 Å². The normalized spacial score (nSPS) is 15.7. The molecule has 2 aliphatic rings. The Morgan fingerprint density at radius 3 is 2.31 bits per heavy atom. The van der Waals surface area contributed by atoms with Gasteiger partial charge in [0, 0.05) is 62.5 Å². The van der Waals surface area contributed by atoms with E-state index in [0.717, 1.165) is 55.5 Å². The molecule has 1 heterocycles. The number of hydrogen-bond acceptors (Lipinski definition) is 9. The number of carbonyl (C=O) groups is 4. The number of amides is 3. The third-order valence-electron chi connectivity index (χ3n) is 8.06. The number of aryl methyl sites for hydroxylation is 1. The molecule has 2 aromatic rings. The Hall–Kier alpha value is -4.58. The highest BCUT2D eigenvalue weighted by atomic mass is 16.5. The molecular weight excluding hydrogens is 578 g/mol. The van der Waals surface area contributed by atoms with Crippen LogP contribution in [0.5, 0.6) is 11.5 Å². The molecule has 0 bridgehead atoms. The van der Waals surface area contributed by atoms with E-state index in [2.05, 4.69) is 30.7 Å². The monoisotopic (exact) mass is 621 g/mol. The minimum absolute atomic E-state index is 0.0195. The molecule has 1 saturated heterocycles. The van der Waals surface area contributed by atoms with Crippen molar-refractivity contribution in [1.82, 2.24) is 21.1 Å². The number of methoxy groups -OCH3 is 3. The van der Waals surface area contributed by atoms with E-state index in [9.17, 15) is 19.2 Å². The van der Waals surface area contributed by atoms with Crippen LogP contribution < -0.4 is 30.5 Å². The Bertz CT molecular complexity index is 1400. The molecule has 0 unspecified atom stereocenters. The van der Waals surface area contributed by atoms with Gasteiger partial charge in [-0.1, -0.05) is 12.1 Å². The van der Waals surface area contributed by atoms with Crippen molar-refractivity contribution < 1.29 is 33.4 Å². The van der Waals surface area contributed by atoms with Crippen LogP contribution in [0.15, 0.2) is 48.6 Å². The molecule has 1 aliphatic heterocycles. The fraction of sp³-hybridized carbons (Fsp3) is 0.455. The number of piperazine rings is 1. The first-order valence-electron chi connectivity index (χ1n) is 15.2. The van der Waals surface area contributed by atoms with Gasteiger partial charge in [-0.05, 0) is 67.5 Å². The van der Waals surface area contributed by atoms with Gasteiger partial charge in [-0.15, -0.1) is 0 Å². The molecule has 12 heteroatoms. The van der Waals surface area contributed by atoms with Gasteiger partial charge in [-0.3, -0.25) is 30.1 Å². The van der Waals surface area contributed by atoms with E-state index in [-0.39, 0.29) is 24.8 Å². The zero-order valence-corrected chi connectivity index (χ0v) is 26.4. The predicted molar refractivity (Wildman–Crippen MR) is 169 cm³/mol. The number of carbonyl (C=O) groups excluding carboxylic acids is 4. The lowest BCUT2D eigenvalue weighted by Crippen LogP contribution is -2.47. The topological polar surface area (TPSA) is 139 Å². The molecule has 2 fully saturated rings. The summed E-state index contributed by atoms with van der Waals surface area (Å²) in [6, 6.07) is 11.0. The lowest BCUT2D eigenvalue weighted by molar-refractivity contribution is -0.135. The maximum atomic E-state index is 13.8. The van der Waals surface area contributed by atoms with Crippen LogP contribution in [0.25, 0.3) is 0 Å². The van der Waals surface area contributed by atoms with E-state index >= 15 is 0 Å². The average Bonchev–Trinajstić information content (AvgIpc) is 3.89. The number of esters is 1. The molecule has 45 heavy (non-hydrogen) atoms. The highest BCUT2D eigenvalue weighted by molar-refractivity contribution is 5.97. The summed E-state index contributed by atoms with van der Waals surface area (Å²) in [5.41, 5.74) is 7.55. The van der Waals surface area contributed by atoms with E-state index in [0.29, 0.717) is 22.6 Å². The zero-order chi connectivity index (χ0) is 32.3. The minimum atomic E-state index is -0.689. The summed E-state index contributed by atoms with van der Waals surface area (Å²) < 4.78 is 15.2. The number of anilines is 1. The van der Waals surface area contributed by atoms with Crippen LogP contribution in [0.1, 0.15) is 53.7 Å². The molecule has 0 spiro atoms. The maximum absolute atomic E-state index is 13.8. The summed E-state index contributed by atoms with van der Waals surface area (Å²) in [6.07, 6.45) is 4.86. The minimum Gasteiger partial charge on any atom is -0.493 e. The van der Waals surface area contributed by atoms with Gasteiger partial charge in [0.15, 0.2) is 11.5 Å². The van der Waals surface area contributed by atoms with Crippen molar-refractivity contribution >= 4 is 29.4 Å². The van der Waals surface area contributed by atoms with Gasteiger partial charge in [-0.2, -0.15) is 0 Å². The largest absolute Gasteiger partial charge is 0.493 e. The van der Waals surface area contributed by atoms with Crippen molar-refractivity contribution in [3.05, 3.63) is 65.2 Å². The summed E-state index contributed by atoms with van der Waals surface area (Å²) >= 11 is 0. The molecule has 1 saturated carbocycles. The van der Waals surface area contributed by atoms with Crippen LogP contribution in [0.4, 0.5) is 5.69 Å². The summed E-state index contributed by atoms with van der Waals surface area (Å²) in [4.78, 5) is 54.1. The van der Waals surface area contributed by atoms with Crippen LogP contribution >= 0.6 is 0 Å². The standard InChI is InChI=1S/C33H43N5O7/c1-22(25-8-11-28(43-2)29(19-25)44-3)34-33(42)27-20-26(38-17-15-37(16-18-38)21-23-5-6-23)10-7-24(27)9-12-30(39)35-36-31(40)13-14-32(41)45-4/h7-8,10-11,13-14,19-20,22-23H,5-6,9,12,15-18,21H2,1-4H3,(H,34,42)(H,35,39)(H,36,40)/b14-13+/t22-/m1/s1. The summed E-state index contributed by atoms with van der Waals surface area (Å²) in [5, 5.41) is 3.10. The van der Waals surface area contributed by atoms with E-state index in [1.54, 1.807) is 20.3 Å². The highest BCUT2D eigenvalue weighted by Gasteiger charge is 2.27. The Morgan fingerprint density at radius 2 is 1.64 bits per heavy atom. The number of benzene rings is 2. The molecule has 1 aliphatic carbocycles. The van der Waals surface area contributed by atoms with Crippen molar-refractivity contribution in [2.75, 3.05) is 59.0 Å². The van der Waals surface area contributed by atoms with Gasteiger partial charge in [0.25, 0.3) is 11.8 Å². The third kappa shape index (κ3) is 9.70. The Kier molecular flexibility index (Phi) is 11.8. The highest BCUT2D eigenvalue weighted by Crippen LogP contribution is 2.31. The Balaban J connectivity index is 1.45. The second-order valence-corrected chi connectivity index (χ2v) is 11.3. The molecular formula is C33H43N5O7. The van der Waals surface area contributed by atoms with Crippen LogP contribution in [0.2, 0.25) is 0 Å². The number of hydrazine groups is 1. The summed E-state index contributed by atoms with van der Waals surface area (Å²) in [7, 11) is 4.33. The summed E-state index contributed by atoms with van der Waals surface area (Å²) in [5.74, 6) is -0.0650. The Morgan fingerprint density at radius 1 is 0.911 bits per heavy atom. The summed E-state index contributed by atoms with van der Waals surface area (Å²) in [6.45, 7) is 6.78. The Labute approximate surface area is 264 Å². The fourth-order valence-electron chi connectivity index (χ4n) is 5.22. The quantitative estimate of drug-likeness (QED) is 0.175. The smallest absolute Gasteiger partial charge is 0.330 e. The van der Waals surface area contributed by atoms with E-state index in [1.807, 2.05) is 37.3 Å². The molecule has 3 amide bonds. The lowest BCUT2D eigenvalue weighted by atomic mass is 9.99. The van der Waals surface area contributed by atoms with Crippen LogP contribution in [0, 0.1) is 5.92 Å². The number of hydrogen-bond donors (Lipinski definition) is 3. The molecule has 242 valence electrons. The number of nitrogens with zero attached hydrogens (tertiary/aromatic N) is 2. The van der Waals surface area contributed by atoms with Crippen molar-refractivity contribution in [2.45, 2.75) is 38.6 Å². The first kappa shape index (κ1) is 33.3. The molecule has 2 aromatic carbocycles. The van der Waals surface area contributed by atoms with Gasteiger partial charge in [0.1, 0.15) is 0 Å². The molecule has 0 aromatic heterocycles. The van der Waals surface area contributed by atoms with Crippen molar-refractivity contribution in [3.8, 4) is 11.5 Å². The first-order chi connectivity index (χ1) is 21.7. The molecule has 4 rings (SSSR count). The van der Waals surface area contributed by atoms with E-state index < -0.39 is 17.8 Å². The number of ether oxygens (including phenoxy) is 3. The molecule has 3 N–H and O–H groups in total. The van der Waals surface area contributed by atoms with Crippen molar-refractivity contribution in [2.24, 2.45) is 5.92 Å². The lowest BCUT2D eigenvalue weighted by Gasteiger charge is -2.36. The van der Waals surface area contributed by atoms with E-state index in [4.69, 9.17) is 9.47 Å². The average molecular weight is 622 g/mol. The van der Waals surface area contributed by atoms with Gasteiger partial charge in [0.05, 0.1) is 27.4 Å².